The van der Waals surface area contributed by atoms with Gasteiger partial charge in [-0.25, -0.2) is 0 Å². The van der Waals surface area contributed by atoms with E-state index in [0.717, 1.165) is 18.4 Å². The fourth-order valence-electron chi connectivity index (χ4n) is 2.74. The third kappa shape index (κ3) is 3.39. The van der Waals surface area contributed by atoms with Gasteiger partial charge in [-0.3, -0.25) is 14.9 Å². The van der Waals surface area contributed by atoms with Crippen molar-refractivity contribution in [2.75, 3.05) is 0 Å². The van der Waals surface area contributed by atoms with Crippen LogP contribution in [-0.2, 0) is 0 Å². The molecule has 0 bridgehead atoms. The van der Waals surface area contributed by atoms with Gasteiger partial charge < -0.3 is 5.32 Å². The number of nitro benzene ring substituents is 1. The molecule has 0 aliphatic heterocycles. The fourth-order valence-corrected chi connectivity index (χ4v) is 2.74. The molecule has 118 valence electrons. The lowest BCUT2D eigenvalue weighted by molar-refractivity contribution is -0.385. The number of rotatable bonds is 5. The molecule has 0 unspecified atom stereocenters. The first-order valence-electron chi connectivity index (χ1n) is 7.67. The van der Waals surface area contributed by atoms with Crippen LogP contribution in [0.5, 0.6) is 0 Å². The van der Waals surface area contributed by atoms with E-state index >= 15 is 0 Å². The molecular weight excluding hydrogens is 292 g/mol. The van der Waals surface area contributed by atoms with Gasteiger partial charge in [-0.1, -0.05) is 36.4 Å². The number of nitrogens with zero attached hydrogens (tertiary/aromatic N) is 1. The van der Waals surface area contributed by atoms with Crippen molar-refractivity contribution in [2.24, 2.45) is 5.92 Å². The van der Waals surface area contributed by atoms with Crippen molar-refractivity contribution in [3.8, 4) is 0 Å². The summed E-state index contributed by atoms with van der Waals surface area (Å²) in [5.74, 6) is 0.177. The summed E-state index contributed by atoms with van der Waals surface area (Å²) in [6.07, 6.45) is 2.18. The van der Waals surface area contributed by atoms with E-state index in [2.05, 4.69) is 5.32 Å². The zero-order valence-electron chi connectivity index (χ0n) is 12.9. The highest BCUT2D eigenvalue weighted by Crippen LogP contribution is 2.41. The van der Waals surface area contributed by atoms with Gasteiger partial charge in [-0.15, -0.1) is 0 Å². The molecule has 0 aromatic heterocycles. The van der Waals surface area contributed by atoms with Gasteiger partial charge in [0.25, 0.3) is 11.6 Å². The molecule has 1 saturated carbocycles. The van der Waals surface area contributed by atoms with E-state index in [1.54, 1.807) is 19.1 Å². The average Bonchev–Trinajstić information content (AvgIpc) is 3.38. The Hall–Kier alpha value is -2.69. The maximum Gasteiger partial charge on any atom is 0.273 e. The highest BCUT2D eigenvalue weighted by molar-refractivity contribution is 5.95. The molecule has 1 atom stereocenters. The highest BCUT2D eigenvalue weighted by Gasteiger charge is 2.33. The van der Waals surface area contributed by atoms with Gasteiger partial charge in [0, 0.05) is 17.2 Å². The maximum atomic E-state index is 12.5. The van der Waals surface area contributed by atoms with Gasteiger partial charge in [-0.2, -0.15) is 0 Å². The van der Waals surface area contributed by atoms with Crippen molar-refractivity contribution in [3.05, 3.63) is 75.3 Å². The molecular formula is C18H18N2O3. The predicted octanol–water partition coefficient (Wildman–Crippen LogP) is 3.78. The summed E-state index contributed by atoms with van der Waals surface area (Å²) in [5, 5.41) is 14.1. The Labute approximate surface area is 134 Å². The highest BCUT2D eigenvalue weighted by atomic mass is 16.6. The van der Waals surface area contributed by atoms with Crippen LogP contribution in [0.4, 0.5) is 5.69 Å². The van der Waals surface area contributed by atoms with Gasteiger partial charge in [0.15, 0.2) is 0 Å². The van der Waals surface area contributed by atoms with Crippen LogP contribution in [0.3, 0.4) is 0 Å². The van der Waals surface area contributed by atoms with Gasteiger partial charge in [0.05, 0.1) is 11.0 Å². The van der Waals surface area contributed by atoms with E-state index in [9.17, 15) is 14.9 Å². The smallest absolute Gasteiger partial charge is 0.273 e. The molecule has 5 heteroatoms. The van der Waals surface area contributed by atoms with Crippen molar-refractivity contribution in [3.63, 3.8) is 0 Å². The van der Waals surface area contributed by atoms with E-state index in [0.29, 0.717) is 17.0 Å². The molecule has 2 aromatic rings. The number of aryl methyl sites for hydroxylation is 1. The zero-order valence-corrected chi connectivity index (χ0v) is 12.9. The Balaban J connectivity index is 1.83. The summed E-state index contributed by atoms with van der Waals surface area (Å²) in [5.41, 5.74) is 1.92. The lowest BCUT2D eigenvalue weighted by Crippen LogP contribution is -2.29. The SMILES string of the molecule is Cc1ccc(C(=O)N[C@H](c2ccccc2)C2CC2)cc1[N+](=O)[O-]. The number of nitrogens with one attached hydrogen (secondary N) is 1. The monoisotopic (exact) mass is 310 g/mol. The molecule has 23 heavy (non-hydrogen) atoms. The normalized spacial score (nSPS) is 15.0. The largest absolute Gasteiger partial charge is 0.345 e. The van der Waals surface area contributed by atoms with E-state index in [1.807, 2.05) is 30.3 Å². The minimum atomic E-state index is -0.457. The zero-order chi connectivity index (χ0) is 16.4. The van der Waals surface area contributed by atoms with Crippen LogP contribution in [-0.4, -0.2) is 10.8 Å². The van der Waals surface area contributed by atoms with E-state index in [4.69, 9.17) is 0 Å². The number of amides is 1. The van der Waals surface area contributed by atoms with E-state index in [1.165, 1.54) is 6.07 Å². The van der Waals surface area contributed by atoms with Crippen molar-refractivity contribution < 1.29 is 9.72 Å². The minimum Gasteiger partial charge on any atom is -0.345 e. The third-order valence-corrected chi connectivity index (χ3v) is 4.21. The Bertz CT molecular complexity index is 739. The first kappa shape index (κ1) is 15.2. The summed E-state index contributed by atoms with van der Waals surface area (Å²) in [6, 6.07) is 14.4. The van der Waals surface area contributed by atoms with Crippen LogP contribution >= 0.6 is 0 Å². The molecule has 1 fully saturated rings. The Kier molecular flexibility index (Phi) is 4.10. The van der Waals surface area contributed by atoms with Gasteiger partial charge in [-0.05, 0) is 37.3 Å². The Morgan fingerprint density at radius 2 is 1.91 bits per heavy atom. The molecule has 0 radical (unpaired) electrons. The summed E-state index contributed by atoms with van der Waals surface area (Å²) < 4.78 is 0. The number of hydrogen-bond acceptors (Lipinski definition) is 3. The van der Waals surface area contributed by atoms with Crippen molar-refractivity contribution in [2.45, 2.75) is 25.8 Å². The number of nitro groups is 1. The lowest BCUT2D eigenvalue weighted by atomic mass is 10.0. The molecule has 0 spiro atoms. The van der Waals surface area contributed by atoms with Crippen LogP contribution in [0.2, 0.25) is 0 Å². The van der Waals surface area contributed by atoms with Crippen LogP contribution in [0.1, 0.15) is 40.4 Å². The van der Waals surface area contributed by atoms with E-state index in [-0.39, 0.29) is 17.6 Å². The minimum absolute atomic E-state index is 0.0275. The van der Waals surface area contributed by atoms with Crippen LogP contribution in [0.25, 0.3) is 0 Å². The Morgan fingerprint density at radius 3 is 2.52 bits per heavy atom. The summed E-state index contributed by atoms with van der Waals surface area (Å²) in [7, 11) is 0. The van der Waals surface area contributed by atoms with Crippen molar-refractivity contribution in [1.29, 1.82) is 0 Å². The van der Waals surface area contributed by atoms with Crippen molar-refractivity contribution in [1.82, 2.24) is 5.32 Å². The second-order valence-corrected chi connectivity index (χ2v) is 5.96. The molecule has 1 amide bonds. The molecule has 1 aliphatic carbocycles. The molecule has 1 aliphatic rings. The Morgan fingerprint density at radius 1 is 1.22 bits per heavy atom. The molecule has 3 rings (SSSR count). The number of hydrogen-bond donors (Lipinski definition) is 1. The first-order valence-corrected chi connectivity index (χ1v) is 7.67. The average molecular weight is 310 g/mol. The summed E-state index contributed by atoms with van der Waals surface area (Å²) >= 11 is 0. The predicted molar refractivity (Wildman–Crippen MR) is 87.2 cm³/mol. The summed E-state index contributed by atoms with van der Waals surface area (Å²) in [4.78, 5) is 23.1. The van der Waals surface area contributed by atoms with Gasteiger partial charge in [0.2, 0.25) is 0 Å². The second kappa shape index (κ2) is 6.20. The maximum absolute atomic E-state index is 12.5. The van der Waals surface area contributed by atoms with Crippen molar-refractivity contribution >= 4 is 11.6 Å². The summed E-state index contributed by atoms with van der Waals surface area (Å²) in [6.45, 7) is 1.66. The van der Waals surface area contributed by atoms with Crippen LogP contribution in [0.15, 0.2) is 48.5 Å². The fraction of sp³-hybridized carbons (Fsp3) is 0.278. The molecule has 1 N–H and O–H groups in total. The number of carbonyl (C=O) groups excluding carboxylic acids is 1. The lowest BCUT2D eigenvalue weighted by Gasteiger charge is -2.19. The standard InChI is InChI=1S/C18H18N2O3/c1-12-7-8-15(11-16(12)20(22)23)18(21)19-17(14-9-10-14)13-5-3-2-4-6-13/h2-8,11,14,17H,9-10H2,1H3,(H,19,21)/t17-/m1/s1. The van der Waals surface area contributed by atoms with E-state index < -0.39 is 4.92 Å². The second-order valence-electron chi connectivity index (χ2n) is 5.96. The van der Waals surface area contributed by atoms with Crippen LogP contribution < -0.4 is 5.32 Å². The molecule has 2 aromatic carbocycles. The quantitative estimate of drug-likeness (QED) is 0.674. The molecule has 0 heterocycles. The first-order chi connectivity index (χ1) is 11.1. The van der Waals surface area contributed by atoms with Gasteiger partial charge in [0.1, 0.15) is 0 Å². The van der Waals surface area contributed by atoms with Crippen LogP contribution in [0, 0.1) is 23.0 Å². The third-order valence-electron chi connectivity index (χ3n) is 4.21. The van der Waals surface area contributed by atoms with Gasteiger partial charge >= 0.3 is 0 Å². The topological polar surface area (TPSA) is 72.2 Å². The number of carbonyl (C=O) groups is 1. The number of benzene rings is 2. The molecule has 0 saturated heterocycles. The molecule has 5 nitrogen and oxygen atoms in total.